The lowest BCUT2D eigenvalue weighted by Crippen LogP contribution is -2.37. The predicted octanol–water partition coefficient (Wildman–Crippen LogP) is 5.12. The number of ether oxygens (including phenoxy) is 2. The Bertz CT molecular complexity index is 2440. The summed E-state index contributed by atoms with van der Waals surface area (Å²) in [4.78, 5) is 50.4. The fourth-order valence-corrected chi connectivity index (χ4v) is 7.45. The van der Waals surface area contributed by atoms with Crippen LogP contribution in [-0.4, -0.2) is 41.7 Å². The van der Waals surface area contributed by atoms with Gasteiger partial charge in [0, 0.05) is 29.0 Å². The molecule has 1 aliphatic rings. The summed E-state index contributed by atoms with van der Waals surface area (Å²) in [6.45, 7) is 0.100. The topological polar surface area (TPSA) is 128 Å². The van der Waals surface area contributed by atoms with Crippen LogP contribution >= 0.6 is 34.5 Å². The molecule has 0 fully saturated rings. The number of benzene rings is 2. The van der Waals surface area contributed by atoms with Crippen LogP contribution in [0, 0.1) is 0 Å². The van der Waals surface area contributed by atoms with Crippen molar-refractivity contribution in [2.75, 3.05) is 7.11 Å². The van der Waals surface area contributed by atoms with Gasteiger partial charge in [0.1, 0.15) is 11.2 Å². The molecule has 0 saturated heterocycles. The summed E-state index contributed by atoms with van der Waals surface area (Å²) >= 11 is 14.2. The standard InChI is InChI=1S/C32H27Cl2N7O5S/c1-38-27-26(30(43)39(2)32(38)44)40(15-18-9-10-19(33)13-21(18)34)31(37-27)46-22-11-8-17(12-23(22)45-3)14-36-41-16-35-28-25(29(41)42)20-6-4-5-7-24(20)47-28/h8-14,16H,4-7,15H2,1-3H3. The van der Waals surface area contributed by atoms with Gasteiger partial charge in [0.2, 0.25) is 0 Å². The Hall–Kier alpha value is -4.72. The molecule has 0 amide bonds. The zero-order valence-corrected chi connectivity index (χ0v) is 27.8. The van der Waals surface area contributed by atoms with Crippen LogP contribution in [0.25, 0.3) is 21.4 Å². The van der Waals surface area contributed by atoms with Gasteiger partial charge in [-0.05, 0) is 72.7 Å². The van der Waals surface area contributed by atoms with E-state index in [9.17, 15) is 14.4 Å². The number of rotatable bonds is 7. The van der Waals surface area contributed by atoms with Crippen LogP contribution in [0.5, 0.6) is 17.5 Å². The van der Waals surface area contributed by atoms with Crippen molar-refractivity contribution in [3.05, 3.63) is 106 Å². The minimum absolute atomic E-state index is 0.0362. The number of thiophene rings is 1. The van der Waals surface area contributed by atoms with Crippen LogP contribution in [0.2, 0.25) is 10.0 Å². The van der Waals surface area contributed by atoms with Gasteiger partial charge in [0.25, 0.3) is 11.1 Å². The molecule has 0 aliphatic heterocycles. The van der Waals surface area contributed by atoms with E-state index in [-0.39, 0.29) is 35.0 Å². The number of hydrogen-bond acceptors (Lipinski definition) is 9. The van der Waals surface area contributed by atoms with E-state index in [1.807, 2.05) is 0 Å². The maximum Gasteiger partial charge on any atom is 0.332 e. The zero-order chi connectivity index (χ0) is 33.0. The molecule has 4 aromatic heterocycles. The van der Waals surface area contributed by atoms with Crippen molar-refractivity contribution >= 4 is 62.1 Å². The number of imidazole rings is 1. The smallest absolute Gasteiger partial charge is 0.332 e. The second kappa shape index (κ2) is 12.1. The SMILES string of the molecule is COc1cc(C=Nn2cnc3sc4c(c3c2=O)CCCC4)ccc1Oc1nc2c(c(=O)n(C)c(=O)n2C)n1Cc1ccc(Cl)cc1Cl. The number of hydrogen-bond donors (Lipinski definition) is 0. The van der Waals surface area contributed by atoms with E-state index in [0.29, 0.717) is 32.3 Å². The lowest BCUT2D eigenvalue weighted by molar-refractivity contribution is 0.361. The fraction of sp³-hybridized carbons (Fsp3) is 0.250. The van der Waals surface area contributed by atoms with Crippen LogP contribution in [0.15, 0.2) is 62.2 Å². The lowest BCUT2D eigenvalue weighted by atomic mass is 9.97. The third kappa shape index (κ3) is 5.43. The molecule has 240 valence electrons. The molecule has 7 rings (SSSR count). The summed E-state index contributed by atoms with van der Waals surface area (Å²) in [5.74, 6) is 0.627. The first kappa shape index (κ1) is 30.9. The maximum absolute atomic E-state index is 13.3. The second-order valence-electron chi connectivity index (χ2n) is 11.1. The van der Waals surface area contributed by atoms with Crippen LogP contribution in [0.1, 0.15) is 34.4 Å². The molecule has 15 heteroatoms. The van der Waals surface area contributed by atoms with Crippen molar-refractivity contribution in [3.63, 3.8) is 0 Å². The molecule has 0 atom stereocenters. The monoisotopic (exact) mass is 691 g/mol. The molecule has 47 heavy (non-hydrogen) atoms. The van der Waals surface area contributed by atoms with Crippen LogP contribution in [-0.2, 0) is 33.5 Å². The van der Waals surface area contributed by atoms with E-state index in [1.54, 1.807) is 52.3 Å². The Morgan fingerprint density at radius 3 is 2.60 bits per heavy atom. The van der Waals surface area contributed by atoms with E-state index in [4.69, 9.17) is 32.7 Å². The lowest BCUT2D eigenvalue weighted by Gasteiger charge is -2.13. The molecule has 0 radical (unpaired) electrons. The summed E-state index contributed by atoms with van der Waals surface area (Å²) < 4.78 is 17.0. The highest BCUT2D eigenvalue weighted by Gasteiger charge is 2.23. The first-order chi connectivity index (χ1) is 22.6. The summed E-state index contributed by atoms with van der Waals surface area (Å²) in [5.41, 5.74) is 1.41. The Labute approximate surface area is 280 Å². The van der Waals surface area contributed by atoms with Crippen molar-refractivity contribution in [1.82, 2.24) is 28.3 Å². The molecule has 0 bridgehead atoms. The van der Waals surface area contributed by atoms with Gasteiger partial charge in [-0.15, -0.1) is 11.3 Å². The minimum Gasteiger partial charge on any atom is -0.493 e. The number of halogens is 2. The number of nitrogens with zero attached hydrogens (tertiary/aromatic N) is 7. The normalized spacial score (nSPS) is 13.1. The molecular weight excluding hydrogens is 665 g/mol. The average Bonchev–Trinajstić information content (AvgIpc) is 3.63. The molecule has 0 unspecified atom stereocenters. The van der Waals surface area contributed by atoms with E-state index >= 15 is 0 Å². The second-order valence-corrected chi connectivity index (χ2v) is 13.1. The van der Waals surface area contributed by atoms with Gasteiger partial charge >= 0.3 is 11.7 Å². The minimum atomic E-state index is -0.542. The molecule has 4 heterocycles. The first-order valence-corrected chi connectivity index (χ1v) is 16.2. The first-order valence-electron chi connectivity index (χ1n) is 14.7. The zero-order valence-electron chi connectivity index (χ0n) is 25.5. The van der Waals surface area contributed by atoms with Gasteiger partial charge in [-0.2, -0.15) is 14.8 Å². The Morgan fingerprint density at radius 1 is 1.00 bits per heavy atom. The van der Waals surface area contributed by atoms with Gasteiger partial charge < -0.3 is 9.47 Å². The fourth-order valence-electron chi connectivity index (χ4n) is 5.77. The van der Waals surface area contributed by atoms with Gasteiger partial charge in [-0.3, -0.25) is 23.3 Å². The molecule has 2 aromatic carbocycles. The van der Waals surface area contributed by atoms with Crippen molar-refractivity contribution in [3.8, 4) is 17.5 Å². The number of fused-ring (bicyclic) bond motifs is 4. The molecule has 6 aromatic rings. The highest BCUT2D eigenvalue weighted by molar-refractivity contribution is 7.18. The number of aryl methyl sites for hydroxylation is 3. The highest BCUT2D eigenvalue weighted by atomic mass is 35.5. The molecule has 0 spiro atoms. The van der Waals surface area contributed by atoms with Gasteiger partial charge in [0.05, 0.1) is 25.3 Å². The molecule has 12 nitrogen and oxygen atoms in total. The average molecular weight is 693 g/mol. The van der Waals surface area contributed by atoms with Crippen LogP contribution in [0.3, 0.4) is 0 Å². The van der Waals surface area contributed by atoms with E-state index < -0.39 is 11.2 Å². The van der Waals surface area contributed by atoms with Gasteiger partial charge in [-0.25, -0.2) is 9.78 Å². The number of aromatic nitrogens is 6. The Kier molecular flexibility index (Phi) is 7.98. The van der Waals surface area contributed by atoms with Crippen molar-refractivity contribution in [2.24, 2.45) is 19.2 Å². The Balaban J connectivity index is 1.25. The molecule has 1 aliphatic carbocycles. The molecule has 0 N–H and O–H groups in total. The van der Waals surface area contributed by atoms with E-state index in [0.717, 1.165) is 40.6 Å². The summed E-state index contributed by atoms with van der Waals surface area (Å²) in [6.07, 6.45) is 7.02. The molecule has 0 saturated carbocycles. The predicted molar refractivity (Wildman–Crippen MR) is 182 cm³/mol. The van der Waals surface area contributed by atoms with Crippen LogP contribution < -0.4 is 26.3 Å². The summed E-state index contributed by atoms with van der Waals surface area (Å²) in [6, 6.07) is 10.2. The van der Waals surface area contributed by atoms with E-state index in [2.05, 4.69) is 15.1 Å². The van der Waals surface area contributed by atoms with Gasteiger partial charge in [0.15, 0.2) is 22.7 Å². The van der Waals surface area contributed by atoms with Crippen molar-refractivity contribution in [2.45, 2.75) is 32.2 Å². The third-order valence-corrected chi connectivity index (χ3v) is 10.0. The number of methoxy groups -OCH3 is 1. The summed E-state index contributed by atoms with van der Waals surface area (Å²) in [5, 5.41) is 5.91. The van der Waals surface area contributed by atoms with Crippen molar-refractivity contribution in [1.29, 1.82) is 0 Å². The largest absolute Gasteiger partial charge is 0.493 e. The maximum atomic E-state index is 13.3. The quantitative estimate of drug-likeness (QED) is 0.213. The van der Waals surface area contributed by atoms with Crippen LogP contribution in [0.4, 0.5) is 0 Å². The van der Waals surface area contributed by atoms with Gasteiger partial charge in [-0.1, -0.05) is 29.3 Å². The summed E-state index contributed by atoms with van der Waals surface area (Å²) in [7, 11) is 4.42. The van der Waals surface area contributed by atoms with Crippen molar-refractivity contribution < 1.29 is 9.47 Å². The molecular formula is C32H27Cl2N7O5S. The highest BCUT2D eigenvalue weighted by Crippen LogP contribution is 2.35. The van der Waals surface area contributed by atoms with E-state index in [1.165, 1.54) is 47.9 Å². The third-order valence-electron chi connectivity index (χ3n) is 8.24. The Morgan fingerprint density at radius 2 is 1.81 bits per heavy atom.